The van der Waals surface area contributed by atoms with Crippen LogP contribution in [0.5, 0.6) is 0 Å². The number of nitrogens with zero attached hydrogens (tertiary/aromatic N) is 2. The van der Waals surface area contributed by atoms with Crippen molar-refractivity contribution in [2.24, 2.45) is 0 Å². The van der Waals surface area contributed by atoms with E-state index < -0.39 is 44.6 Å². The largest absolute Gasteiger partial charge is 0.461 e. The second-order valence-electron chi connectivity index (χ2n) is 7.64. The molecule has 0 amide bonds. The monoisotopic (exact) mass is 462 g/mol. The molecule has 0 aromatic carbocycles. The minimum absolute atomic E-state index is 0.0413. The number of rotatable bonds is 11. The minimum Gasteiger partial charge on any atom is -0.461 e. The fourth-order valence-electron chi connectivity index (χ4n) is 3.18. The summed E-state index contributed by atoms with van der Waals surface area (Å²) >= 11 is 0. The average molecular weight is 462 g/mol. The van der Waals surface area contributed by atoms with Gasteiger partial charge in [0.15, 0.2) is 0 Å². The zero-order valence-corrected chi connectivity index (χ0v) is 19.1. The number of hydrogen-bond donors (Lipinski definition) is 2. The number of alkyl halides is 1. The molecule has 0 saturated heterocycles. The molecule has 31 heavy (non-hydrogen) atoms. The fraction of sp³-hybridized carbons (Fsp3) is 0.737. The number of hydrogen-bond acceptors (Lipinski definition) is 8. The van der Waals surface area contributed by atoms with Gasteiger partial charge in [0.05, 0.1) is 0 Å². The maximum absolute atomic E-state index is 15.1. The summed E-state index contributed by atoms with van der Waals surface area (Å²) in [6.07, 6.45) is 4.93. The summed E-state index contributed by atoms with van der Waals surface area (Å²) in [4.78, 5) is 27.6. The third-order valence-corrected chi connectivity index (χ3v) is 6.17. The van der Waals surface area contributed by atoms with Crippen LogP contribution in [0, 0.1) is 0 Å². The van der Waals surface area contributed by atoms with Gasteiger partial charge in [-0.25, -0.2) is 14.3 Å². The Morgan fingerprint density at radius 3 is 2.71 bits per heavy atom. The Morgan fingerprint density at radius 1 is 1.42 bits per heavy atom. The summed E-state index contributed by atoms with van der Waals surface area (Å²) in [5.74, 6) is -2.79. The van der Waals surface area contributed by atoms with E-state index in [1.54, 1.807) is 0 Å². The molecule has 176 valence electrons. The Bertz CT molecular complexity index is 819. The van der Waals surface area contributed by atoms with Gasteiger partial charge >= 0.3 is 11.7 Å². The Morgan fingerprint density at radius 2 is 2.10 bits per heavy atom. The first-order valence-corrected chi connectivity index (χ1v) is 11.8. The Labute approximate surface area is 181 Å². The average Bonchev–Trinajstić information content (AvgIpc) is 2.72. The van der Waals surface area contributed by atoms with E-state index in [2.05, 4.69) is 10.1 Å². The van der Waals surface area contributed by atoms with Crippen molar-refractivity contribution in [3.8, 4) is 0 Å². The predicted molar refractivity (Wildman–Crippen MR) is 113 cm³/mol. The van der Waals surface area contributed by atoms with Crippen molar-refractivity contribution in [3.63, 3.8) is 0 Å². The second-order valence-corrected chi connectivity index (χ2v) is 8.79. The van der Waals surface area contributed by atoms with Gasteiger partial charge in [0.2, 0.25) is 5.85 Å². The molecular weight excluding hydrogens is 430 g/mol. The third-order valence-electron chi connectivity index (χ3n) is 5.09. The molecule has 3 N–H and O–H groups in total. The lowest BCUT2D eigenvalue weighted by Crippen LogP contribution is -2.38. The van der Waals surface area contributed by atoms with E-state index >= 15 is 4.39 Å². The highest BCUT2D eigenvalue weighted by Gasteiger charge is 2.33. The summed E-state index contributed by atoms with van der Waals surface area (Å²) in [5, 5.41) is 2.51. The van der Waals surface area contributed by atoms with Crippen molar-refractivity contribution >= 4 is 20.0 Å². The third kappa shape index (κ3) is 7.99. The van der Waals surface area contributed by atoms with Crippen molar-refractivity contribution < 1.29 is 27.7 Å². The van der Waals surface area contributed by atoms with E-state index in [1.165, 1.54) is 33.0 Å². The number of halogens is 1. The van der Waals surface area contributed by atoms with Crippen LogP contribution in [-0.4, -0.2) is 40.1 Å². The molecule has 12 heteroatoms. The van der Waals surface area contributed by atoms with E-state index in [-0.39, 0.29) is 18.3 Å². The topological polar surface area (TPSA) is 135 Å². The van der Waals surface area contributed by atoms with E-state index in [4.69, 9.17) is 19.7 Å². The molecule has 1 fully saturated rings. The normalized spacial score (nSPS) is 19.9. The molecular formula is C19H32FN4O6P. The zero-order chi connectivity index (χ0) is 23.0. The molecule has 0 bridgehead atoms. The van der Waals surface area contributed by atoms with Crippen molar-refractivity contribution in [3.05, 3.63) is 22.7 Å². The predicted octanol–water partition coefficient (Wildman–Crippen LogP) is 2.70. The van der Waals surface area contributed by atoms with Crippen LogP contribution in [0.25, 0.3) is 0 Å². The minimum atomic E-state index is -2.95. The molecule has 4 atom stereocenters. The van der Waals surface area contributed by atoms with E-state index in [9.17, 15) is 14.2 Å². The standard InChI is InChI=1S/C19H32FN4O6P/c1-4-19(20,30-14(3)24-11-10-16(21)22-18(24)26)12-28-31(27)23-13(2)17(25)29-15-8-6-5-7-9-15/h10-11,13-15,31H,4-9,12H2,1-3H3,(H,23,27)(H2,21,22,26)/t13-,14+,19-/m0/s1. The molecule has 1 aliphatic carbocycles. The Hall–Kier alpha value is -1.81. The van der Waals surface area contributed by atoms with Gasteiger partial charge in [-0.2, -0.15) is 4.98 Å². The van der Waals surface area contributed by atoms with Crippen molar-refractivity contribution in [2.75, 3.05) is 12.3 Å². The molecule has 2 rings (SSSR count). The molecule has 10 nitrogen and oxygen atoms in total. The number of anilines is 1. The molecule has 1 unspecified atom stereocenters. The van der Waals surface area contributed by atoms with Crippen LogP contribution in [0.4, 0.5) is 10.2 Å². The number of aromatic nitrogens is 2. The van der Waals surface area contributed by atoms with E-state index in [0.717, 1.165) is 36.7 Å². The van der Waals surface area contributed by atoms with Gasteiger partial charge in [-0.05, 0) is 45.6 Å². The Kier molecular flexibility index (Phi) is 9.61. The summed E-state index contributed by atoms with van der Waals surface area (Å²) < 4.78 is 44.2. The van der Waals surface area contributed by atoms with Gasteiger partial charge in [-0.15, -0.1) is 0 Å². The van der Waals surface area contributed by atoms with Crippen LogP contribution < -0.4 is 16.5 Å². The molecule has 1 aliphatic rings. The first-order chi connectivity index (χ1) is 14.6. The first-order valence-electron chi connectivity index (χ1n) is 10.5. The lowest BCUT2D eigenvalue weighted by molar-refractivity contribution is -0.213. The van der Waals surface area contributed by atoms with Crippen molar-refractivity contribution in [2.45, 2.75) is 83.5 Å². The van der Waals surface area contributed by atoms with Crippen LogP contribution in [0.2, 0.25) is 0 Å². The number of nitrogen functional groups attached to an aromatic ring is 1. The molecule has 1 aromatic rings. The number of nitrogens with one attached hydrogen (secondary N) is 1. The maximum atomic E-state index is 15.1. The van der Waals surface area contributed by atoms with Gasteiger partial charge in [0.1, 0.15) is 30.8 Å². The molecule has 0 radical (unpaired) electrons. The summed E-state index contributed by atoms with van der Waals surface area (Å²) in [6, 6.07) is 0.531. The lowest BCUT2D eigenvalue weighted by Gasteiger charge is -2.28. The second kappa shape index (κ2) is 11.7. The van der Waals surface area contributed by atoms with Gasteiger partial charge in [-0.1, -0.05) is 13.3 Å². The molecule has 0 spiro atoms. The van der Waals surface area contributed by atoms with Crippen molar-refractivity contribution in [1.82, 2.24) is 14.6 Å². The number of carbonyl (C=O) groups excluding carboxylic acids is 1. The smallest absolute Gasteiger partial charge is 0.351 e. The lowest BCUT2D eigenvalue weighted by atomic mass is 9.98. The number of ether oxygens (including phenoxy) is 2. The Balaban J connectivity index is 1.84. The highest BCUT2D eigenvalue weighted by Crippen LogP contribution is 2.29. The van der Waals surface area contributed by atoms with E-state index in [1.807, 2.05) is 0 Å². The SMILES string of the molecule is CC[C@@](F)(CO[PH](=O)N[C@@H](C)C(=O)OC1CCCCC1)O[C@H](C)n1ccc(N)nc1=O. The molecule has 1 aromatic heterocycles. The van der Waals surface area contributed by atoms with E-state index in [0.29, 0.717) is 0 Å². The van der Waals surface area contributed by atoms with Gasteiger partial charge in [-0.3, -0.25) is 13.9 Å². The quantitative estimate of drug-likeness (QED) is 0.376. The molecule has 0 aliphatic heterocycles. The van der Waals surface area contributed by atoms with Crippen molar-refractivity contribution in [1.29, 1.82) is 0 Å². The van der Waals surface area contributed by atoms with Crippen LogP contribution in [0.3, 0.4) is 0 Å². The molecule has 1 saturated carbocycles. The number of esters is 1. The highest BCUT2D eigenvalue weighted by molar-refractivity contribution is 7.36. The summed E-state index contributed by atoms with van der Waals surface area (Å²) in [7, 11) is -2.95. The maximum Gasteiger partial charge on any atom is 0.351 e. The summed E-state index contributed by atoms with van der Waals surface area (Å²) in [5.41, 5.74) is 4.76. The first kappa shape index (κ1) is 25.5. The zero-order valence-electron chi connectivity index (χ0n) is 18.1. The van der Waals surface area contributed by atoms with Gasteiger partial charge in [0, 0.05) is 12.6 Å². The van der Waals surface area contributed by atoms with Crippen LogP contribution in [0.15, 0.2) is 17.1 Å². The van der Waals surface area contributed by atoms with Crippen LogP contribution in [0.1, 0.15) is 65.5 Å². The molecule has 1 heterocycles. The highest BCUT2D eigenvalue weighted by atomic mass is 31.1. The van der Waals surface area contributed by atoms with Crippen LogP contribution >= 0.6 is 8.18 Å². The van der Waals surface area contributed by atoms with Gasteiger partial charge in [0.25, 0.3) is 8.18 Å². The van der Waals surface area contributed by atoms with Crippen LogP contribution in [-0.2, 0) is 23.4 Å². The summed E-state index contributed by atoms with van der Waals surface area (Å²) in [6.45, 7) is 3.85. The number of nitrogens with two attached hydrogens (primary N) is 1. The fourth-order valence-corrected chi connectivity index (χ4v) is 4.09. The van der Waals surface area contributed by atoms with Gasteiger partial charge < -0.3 is 19.7 Å². The number of carbonyl (C=O) groups is 1.